The van der Waals surface area contributed by atoms with E-state index in [1.807, 2.05) is 30.5 Å². The minimum atomic E-state index is -3.84. The first-order chi connectivity index (χ1) is 17.3. The van der Waals surface area contributed by atoms with Crippen LogP contribution in [0, 0.1) is 0 Å². The van der Waals surface area contributed by atoms with Crippen molar-refractivity contribution in [3.05, 3.63) is 64.8 Å². The van der Waals surface area contributed by atoms with Gasteiger partial charge in [0.15, 0.2) is 0 Å². The summed E-state index contributed by atoms with van der Waals surface area (Å²) in [6.45, 7) is 2.70. The number of aromatic nitrogens is 1. The summed E-state index contributed by atoms with van der Waals surface area (Å²) in [6.07, 6.45) is 5.51. The number of sulfonamides is 1. The van der Waals surface area contributed by atoms with Gasteiger partial charge in [-0.3, -0.25) is 9.80 Å². The molecule has 3 heterocycles. The Kier molecular flexibility index (Phi) is 7.39. The number of halogens is 2. The maximum Gasteiger partial charge on any atom is 0.245 e. The number of nitrogens with one attached hydrogen (secondary N) is 1. The Morgan fingerprint density at radius 2 is 1.83 bits per heavy atom. The Balaban J connectivity index is 1.20. The molecule has 1 aromatic heterocycles. The number of hydrogen-bond acceptors (Lipinski definition) is 5. The topological polar surface area (TPSA) is 89.1 Å². The van der Waals surface area contributed by atoms with E-state index in [1.165, 1.54) is 10.5 Å². The number of H-pyrrole nitrogens is 1. The third kappa shape index (κ3) is 5.46. The molecule has 11 heteroatoms. The highest BCUT2D eigenvalue weighted by molar-refractivity contribution is 9.09. The fraction of sp³-hybridized carbons (Fsp3) is 0.360. The largest absolute Gasteiger partial charge is 0.360 e. The first-order valence-electron chi connectivity index (χ1n) is 11.9. The first-order valence-corrected chi connectivity index (χ1v) is 14.6. The molecule has 190 valence electrons. The molecule has 5 rings (SSSR count). The SMILES string of the molecule is O=C1CN(S(=O)(=O)c2c[nH]c3ccc(Cl)cc23)CCN1Cc1ccc(C=NN2CCC(Br)CC2)cc1. The zero-order valence-electron chi connectivity index (χ0n) is 19.6. The highest BCUT2D eigenvalue weighted by Crippen LogP contribution is 2.29. The van der Waals surface area contributed by atoms with Crippen molar-refractivity contribution in [3.63, 3.8) is 0 Å². The van der Waals surface area contributed by atoms with E-state index in [4.69, 9.17) is 11.6 Å². The normalized spacial score (nSPS) is 18.6. The number of amides is 1. The fourth-order valence-electron chi connectivity index (χ4n) is 4.51. The molecular formula is C25H27BrClN5O3S. The number of carbonyl (C=O) groups is 1. The van der Waals surface area contributed by atoms with Gasteiger partial charge in [0.05, 0.1) is 12.8 Å². The molecule has 2 aliphatic rings. The van der Waals surface area contributed by atoms with Crippen molar-refractivity contribution in [2.45, 2.75) is 29.1 Å². The first kappa shape index (κ1) is 25.3. The van der Waals surface area contributed by atoms with Crippen molar-refractivity contribution in [3.8, 4) is 0 Å². The molecule has 0 spiro atoms. The number of fused-ring (bicyclic) bond motifs is 1. The van der Waals surface area contributed by atoms with Crippen molar-refractivity contribution >= 4 is 60.6 Å². The summed E-state index contributed by atoms with van der Waals surface area (Å²) in [4.78, 5) is 18.3. The number of hydrogen-bond donors (Lipinski definition) is 1. The average Bonchev–Trinajstić information content (AvgIpc) is 3.29. The number of nitrogens with zero attached hydrogens (tertiary/aromatic N) is 4. The zero-order valence-corrected chi connectivity index (χ0v) is 22.8. The fourth-order valence-corrected chi connectivity index (χ4v) is 6.62. The number of piperidine rings is 1. The van der Waals surface area contributed by atoms with Crippen molar-refractivity contribution in [2.75, 3.05) is 32.7 Å². The van der Waals surface area contributed by atoms with Gasteiger partial charge < -0.3 is 9.88 Å². The molecule has 1 N–H and O–H groups in total. The van der Waals surface area contributed by atoms with Gasteiger partial charge >= 0.3 is 0 Å². The van der Waals surface area contributed by atoms with Crippen LogP contribution < -0.4 is 0 Å². The van der Waals surface area contributed by atoms with Crippen LogP contribution in [0.3, 0.4) is 0 Å². The van der Waals surface area contributed by atoms with Crippen LogP contribution in [0.15, 0.2) is 58.7 Å². The van der Waals surface area contributed by atoms with Gasteiger partial charge in [-0.05, 0) is 42.2 Å². The highest BCUT2D eigenvalue weighted by atomic mass is 79.9. The minimum Gasteiger partial charge on any atom is -0.360 e. The summed E-state index contributed by atoms with van der Waals surface area (Å²) in [7, 11) is -3.84. The molecule has 2 aromatic carbocycles. The number of benzene rings is 2. The van der Waals surface area contributed by atoms with Crippen LogP contribution in [-0.2, 0) is 21.4 Å². The lowest BCUT2D eigenvalue weighted by atomic mass is 10.1. The number of rotatable bonds is 6. The smallest absolute Gasteiger partial charge is 0.245 e. The Morgan fingerprint density at radius 3 is 2.56 bits per heavy atom. The number of piperazine rings is 1. The van der Waals surface area contributed by atoms with Crippen molar-refractivity contribution in [2.24, 2.45) is 5.10 Å². The lowest BCUT2D eigenvalue weighted by Crippen LogP contribution is -2.51. The van der Waals surface area contributed by atoms with E-state index in [-0.39, 0.29) is 23.9 Å². The number of hydrazone groups is 1. The summed E-state index contributed by atoms with van der Waals surface area (Å²) < 4.78 is 27.8. The van der Waals surface area contributed by atoms with E-state index >= 15 is 0 Å². The predicted octanol–water partition coefficient (Wildman–Crippen LogP) is 4.05. The number of alkyl halides is 1. The van der Waals surface area contributed by atoms with Crippen LogP contribution in [-0.4, -0.2) is 77.3 Å². The van der Waals surface area contributed by atoms with Crippen LogP contribution in [0.4, 0.5) is 0 Å². The summed E-state index contributed by atoms with van der Waals surface area (Å²) in [5.41, 5.74) is 2.67. The molecule has 0 bridgehead atoms. The quantitative estimate of drug-likeness (QED) is 0.346. The van der Waals surface area contributed by atoms with Gasteiger partial charge in [0.1, 0.15) is 4.90 Å². The molecule has 0 radical (unpaired) electrons. The van der Waals surface area contributed by atoms with E-state index in [0.717, 1.165) is 37.1 Å². The van der Waals surface area contributed by atoms with E-state index in [0.29, 0.717) is 33.8 Å². The van der Waals surface area contributed by atoms with Crippen LogP contribution in [0.25, 0.3) is 10.9 Å². The van der Waals surface area contributed by atoms with E-state index < -0.39 is 10.0 Å². The van der Waals surface area contributed by atoms with Gasteiger partial charge in [-0.25, -0.2) is 8.42 Å². The molecule has 36 heavy (non-hydrogen) atoms. The molecule has 2 aliphatic heterocycles. The van der Waals surface area contributed by atoms with Gasteiger partial charge in [0.25, 0.3) is 0 Å². The van der Waals surface area contributed by atoms with E-state index in [9.17, 15) is 13.2 Å². The highest BCUT2D eigenvalue weighted by Gasteiger charge is 2.34. The monoisotopic (exact) mass is 591 g/mol. The van der Waals surface area contributed by atoms with Gasteiger partial charge in [-0.1, -0.05) is 51.8 Å². The molecule has 0 saturated carbocycles. The van der Waals surface area contributed by atoms with Crippen LogP contribution in [0.1, 0.15) is 24.0 Å². The second kappa shape index (κ2) is 10.5. The Bertz CT molecular complexity index is 1380. The lowest BCUT2D eigenvalue weighted by molar-refractivity contribution is -0.134. The molecular weight excluding hydrogens is 566 g/mol. The lowest BCUT2D eigenvalue weighted by Gasteiger charge is -2.33. The Labute approximate surface area is 224 Å². The van der Waals surface area contributed by atoms with Gasteiger partial charge in [-0.15, -0.1) is 0 Å². The van der Waals surface area contributed by atoms with Crippen LogP contribution in [0.5, 0.6) is 0 Å². The number of aromatic amines is 1. The van der Waals surface area contributed by atoms with Gasteiger partial charge in [0.2, 0.25) is 15.9 Å². The van der Waals surface area contributed by atoms with E-state index in [2.05, 4.69) is 31.0 Å². The summed E-state index contributed by atoms with van der Waals surface area (Å²) >= 11 is 9.73. The van der Waals surface area contributed by atoms with Crippen LogP contribution >= 0.6 is 27.5 Å². The van der Waals surface area contributed by atoms with Crippen LogP contribution in [0.2, 0.25) is 5.02 Å². The third-order valence-electron chi connectivity index (χ3n) is 6.63. The maximum atomic E-state index is 13.3. The van der Waals surface area contributed by atoms with Gasteiger partial charge in [0, 0.05) is 59.7 Å². The average molecular weight is 593 g/mol. The second-order valence-corrected chi connectivity index (χ2v) is 12.7. The van der Waals surface area contributed by atoms with Crippen molar-refractivity contribution in [1.82, 2.24) is 19.2 Å². The predicted molar refractivity (Wildman–Crippen MR) is 145 cm³/mol. The molecule has 2 fully saturated rings. The molecule has 8 nitrogen and oxygen atoms in total. The molecule has 2 saturated heterocycles. The molecule has 0 unspecified atom stereocenters. The zero-order chi connectivity index (χ0) is 25.3. The minimum absolute atomic E-state index is 0.134. The number of carbonyl (C=O) groups excluding carboxylic acids is 1. The molecule has 0 aliphatic carbocycles. The maximum absolute atomic E-state index is 13.3. The Hall–Kier alpha value is -2.40. The third-order valence-corrected chi connectivity index (χ3v) is 9.67. The Morgan fingerprint density at radius 1 is 1.08 bits per heavy atom. The summed E-state index contributed by atoms with van der Waals surface area (Å²) in [6, 6.07) is 13.0. The van der Waals surface area contributed by atoms with Gasteiger partial charge in [-0.2, -0.15) is 9.41 Å². The van der Waals surface area contributed by atoms with Crippen molar-refractivity contribution in [1.29, 1.82) is 0 Å². The van der Waals surface area contributed by atoms with Crippen molar-refractivity contribution < 1.29 is 13.2 Å². The molecule has 1 amide bonds. The summed E-state index contributed by atoms with van der Waals surface area (Å²) in [5, 5.41) is 7.63. The second-order valence-electron chi connectivity index (χ2n) is 9.11. The molecule has 0 atom stereocenters. The van der Waals surface area contributed by atoms with E-state index in [1.54, 1.807) is 23.1 Å². The molecule has 3 aromatic rings. The standard InChI is InChI=1S/C25H27BrClN5O3S/c26-20-7-9-31(10-8-20)29-14-18-1-3-19(4-2-18)16-30-11-12-32(17-25(30)33)36(34,35)24-15-28-23-6-5-21(27)13-22(23)24/h1-6,13-15,20,28H,7-12,16-17H2. The summed E-state index contributed by atoms with van der Waals surface area (Å²) in [5.74, 6) is -0.219.